The lowest BCUT2D eigenvalue weighted by atomic mass is 9.70. The number of fused-ring (bicyclic) bond motifs is 16. The van der Waals surface area contributed by atoms with Crippen molar-refractivity contribution < 1.29 is 0 Å². The molecule has 404 valence electrons. The summed E-state index contributed by atoms with van der Waals surface area (Å²) in [6.45, 7) is 17.5. The van der Waals surface area contributed by atoms with Gasteiger partial charge in [0, 0.05) is 45.0 Å². The van der Waals surface area contributed by atoms with E-state index in [0.717, 1.165) is 45.3 Å². The first-order valence-electron chi connectivity index (χ1n) is 29.8. The highest BCUT2D eigenvalue weighted by Gasteiger charge is 2.52. The fourth-order valence-corrected chi connectivity index (χ4v) is 15.2. The van der Waals surface area contributed by atoms with Crippen LogP contribution in [0.25, 0.3) is 78.9 Å². The van der Waals surface area contributed by atoms with Crippen LogP contribution < -0.4 is 9.80 Å². The van der Waals surface area contributed by atoms with E-state index in [9.17, 15) is 0 Å². The molecule has 4 aliphatic carbocycles. The Morgan fingerprint density at radius 3 is 0.953 bits per heavy atom. The van der Waals surface area contributed by atoms with E-state index in [0.29, 0.717) is 0 Å². The zero-order valence-electron chi connectivity index (χ0n) is 48.4. The first kappa shape index (κ1) is 50.4. The van der Waals surface area contributed by atoms with Gasteiger partial charge in [0.05, 0.1) is 5.41 Å². The third-order valence-electron chi connectivity index (χ3n) is 19.4. The van der Waals surface area contributed by atoms with Crippen molar-refractivity contribution in [1.82, 2.24) is 0 Å². The van der Waals surface area contributed by atoms with Gasteiger partial charge in [0.25, 0.3) is 0 Å². The molecule has 2 heteroatoms. The minimum atomic E-state index is -0.646. The summed E-state index contributed by atoms with van der Waals surface area (Å²) in [5.74, 6) is 0. The zero-order chi connectivity index (χ0) is 57.3. The van der Waals surface area contributed by atoms with Gasteiger partial charge in [0.1, 0.15) is 0 Å². The Balaban J connectivity index is 0.898. The molecule has 1 atom stereocenters. The Morgan fingerprint density at radius 1 is 0.247 bits per heavy atom. The van der Waals surface area contributed by atoms with Crippen LogP contribution in [0.4, 0.5) is 34.1 Å². The number of hydrogen-bond donors (Lipinski definition) is 0. The highest BCUT2D eigenvalue weighted by Crippen LogP contribution is 2.64. The van der Waals surface area contributed by atoms with Gasteiger partial charge in [0.2, 0.25) is 0 Å². The molecule has 1 unspecified atom stereocenters. The molecule has 0 N–H and O–H groups in total. The van der Waals surface area contributed by atoms with Crippen molar-refractivity contribution in [3.63, 3.8) is 0 Å². The maximum atomic E-state index is 4.00. The van der Waals surface area contributed by atoms with Gasteiger partial charge >= 0.3 is 0 Å². The van der Waals surface area contributed by atoms with Crippen LogP contribution in [0, 0.1) is 0 Å². The summed E-state index contributed by atoms with van der Waals surface area (Å²) in [4.78, 5) is 4.98. The predicted octanol–water partition coefficient (Wildman–Crippen LogP) is 22.2. The van der Waals surface area contributed by atoms with E-state index < -0.39 is 5.41 Å². The summed E-state index contributed by atoms with van der Waals surface area (Å²) in [5, 5.41) is 0. The Labute approximate surface area is 499 Å². The molecule has 0 saturated carbocycles. The molecule has 1 spiro atoms. The molecule has 0 heterocycles. The van der Waals surface area contributed by atoms with E-state index >= 15 is 0 Å². The molecule has 0 aromatic heterocycles. The van der Waals surface area contributed by atoms with E-state index in [4.69, 9.17) is 0 Å². The van der Waals surface area contributed by atoms with Crippen LogP contribution in [0.3, 0.4) is 0 Å². The van der Waals surface area contributed by atoms with E-state index in [1.165, 1.54) is 111 Å². The summed E-state index contributed by atoms with van der Waals surface area (Å²) in [7, 11) is 0. The average molecular weight is 1090 g/mol. The topological polar surface area (TPSA) is 6.48 Å². The van der Waals surface area contributed by atoms with Crippen molar-refractivity contribution in [3.8, 4) is 66.8 Å². The van der Waals surface area contributed by atoms with Crippen LogP contribution in [0.15, 0.2) is 280 Å². The smallest absolute Gasteiger partial charge is 0.0727 e. The molecular weight excluding hydrogens is 1020 g/mol. The molecule has 0 bridgehead atoms. The number of rotatable bonds is 10. The lowest BCUT2D eigenvalue weighted by Gasteiger charge is -2.33. The minimum Gasteiger partial charge on any atom is -0.310 e. The molecule has 4 aliphatic rings. The third kappa shape index (κ3) is 7.44. The fourth-order valence-electron chi connectivity index (χ4n) is 15.2. The first-order valence-corrected chi connectivity index (χ1v) is 29.8. The van der Waals surface area contributed by atoms with Crippen LogP contribution in [-0.2, 0) is 16.2 Å². The second-order valence-electron chi connectivity index (χ2n) is 24.5. The molecule has 0 aliphatic heterocycles. The van der Waals surface area contributed by atoms with Crippen LogP contribution in [0.2, 0.25) is 0 Å². The van der Waals surface area contributed by atoms with Crippen LogP contribution in [0.1, 0.15) is 83.3 Å². The first-order chi connectivity index (χ1) is 41.5. The number of nitrogens with zero attached hydrogens (tertiary/aromatic N) is 2. The molecule has 12 aromatic carbocycles. The van der Waals surface area contributed by atoms with Gasteiger partial charge in [-0.15, -0.1) is 0 Å². The molecule has 85 heavy (non-hydrogen) atoms. The summed E-state index contributed by atoms with van der Waals surface area (Å²) < 4.78 is 0. The maximum Gasteiger partial charge on any atom is 0.0727 e. The normalized spacial score (nSPS) is 15.4. The van der Waals surface area contributed by atoms with E-state index in [1.807, 2.05) is 12.2 Å². The minimum absolute atomic E-state index is 0.119. The molecular formula is C83H62N2. The number of benzene rings is 12. The van der Waals surface area contributed by atoms with Crippen molar-refractivity contribution in [1.29, 1.82) is 0 Å². The second-order valence-corrected chi connectivity index (χ2v) is 24.5. The van der Waals surface area contributed by atoms with E-state index in [1.54, 1.807) is 0 Å². The molecule has 0 amide bonds. The monoisotopic (exact) mass is 1090 g/mol. The quantitative estimate of drug-likeness (QED) is 0.135. The Morgan fingerprint density at radius 2 is 0.529 bits per heavy atom. The second kappa shape index (κ2) is 18.9. The lowest BCUT2D eigenvalue weighted by Crippen LogP contribution is -2.26. The van der Waals surface area contributed by atoms with Crippen LogP contribution in [-0.4, -0.2) is 0 Å². The van der Waals surface area contributed by atoms with Gasteiger partial charge in [-0.25, -0.2) is 0 Å². The Kier molecular flexibility index (Phi) is 11.2. The van der Waals surface area contributed by atoms with Crippen LogP contribution >= 0.6 is 0 Å². The summed E-state index contributed by atoms with van der Waals surface area (Å²) in [6, 6.07) is 101. The SMILES string of the molecule is C=Cc1ccc(-c2ccc(N(c3ccc4c(c3)-c3ccccc3C4(C)C)c3ccc4c(c3)C3(c5ccccc5-4)c4ccccc4-c4ccc(N(c5ccc(-c6ccc(C=C)cc6)cc5)c5ccc6c(c5)C(C)(C)c5ccccc5-6)cc43)cc2)cc1. The summed E-state index contributed by atoms with van der Waals surface area (Å²) in [5.41, 5.74) is 33.4. The van der Waals surface area contributed by atoms with Gasteiger partial charge in [-0.3, -0.25) is 0 Å². The highest BCUT2D eigenvalue weighted by molar-refractivity contribution is 5.98. The van der Waals surface area contributed by atoms with Crippen molar-refractivity contribution in [2.24, 2.45) is 0 Å². The summed E-state index contributed by atoms with van der Waals surface area (Å²) in [6.07, 6.45) is 3.80. The van der Waals surface area contributed by atoms with Gasteiger partial charge < -0.3 is 9.80 Å². The molecule has 0 fully saturated rings. The van der Waals surface area contributed by atoms with Gasteiger partial charge in [-0.05, 0) is 195 Å². The standard InChI is InChI=1S/C83H62N2/c1-7-53-25-29-55(30-26-53)57-33-37-59(38-34-57)84(61-44-48-75-72(49-61)68-20-10-14-22-74(68)81(75,3)4)63-42-46-70-66-18-11-15-23-76(66)83(79(70)51-63)77-24-16-12-19-67(77)71-47-43-64(52-80(71)83)85(60-39-35-58(36-40-60)56-31-27-54(8-2)28-32-56)62-41-45-69-65-17-9-13-21-73(65)82(5,6)78(69)50-62/h7-52H,1-2H2,3-6H3. The Hall–Kier alpha value is -10.3. The number of hydrogen-bond acceptors (Lipinski definition) is 2. The van der Waals surface area contributed by atoms with Crippen LogP contribution in [0.5, 0.6) is 0 Å². The molecule has 16 rings (SSSR count). The predicted molar refractivity (Wildman–Crippen MR) is 358 cm³/mol. The largest absolute Gasteiger partial charge is 0.310 e. The lowest BCUT2D eigenvalue weighted by molar-refractivity contribution is 0.660. The van der Waals surface area contributed by atoms with E-state index in [2.05, 4.69) is 318 Å². The van der Waals surface area contributed by atoms with Crippen molar-refractivity contribution in [3.05, 3.63) is 336 Å². The van der Waals surface area contributed by atoms with Gasteiger partial charge in [0.15, 0.2) is 0 Å². The van der Waals surface area contributed by atoms with Crippen molar-refractivity contribution in [2.75, 3.05) is 9.80 Å². The molecule has 2 nitrogen and oxygen atoms in total. The molecule has 12 aromatic rings. The molecule has 0 radical (unpaired) electrons. The fraction of sp³-hybridized carbons (Fsp3) is 0.0843. The number of anilines is 6. The van der Waals surface area contributed by atoms with Crippen molar-refractivity contribution >= 4 is 46.3 Å². The van der Waals surface area contributed by atoms with E-state index in [-0.39, 0.29) is 10.8 Å². The zero-order valence-corrected chi connectivity index (χ0v) is 48.4. The van der Waals surface area contributed by atoms with Gasteiger partial charge in [-0.2, -0.15) is 0 Å². The summed E-state index contributed by atoms with van der Waals surface area (Å²) >= 11 is 0. The average Bonchev–Trinajstić information content (AvgIpc) is 1.56. The third-order valence-corrected chi connectivity index (χ3v) is 19.4. The van der Waals surface area contributed by atoms with Gasteiger partial charge in [-0.1, -0.05) is 247 Å². The Bertz CT molecular complexity index is 4710. The maximum absolute atomic E-state index is 4.00. The molecule has 0 saturated heterocycles. The van der Waals surface area contributed by atoms with Crippen molar-refractivity contribution in [2.45, 2.75) is 43.9 Å². The highest BCUT2D eigenvalue weighted by atomic mass is 15.1.